The average Bonchev–Trinajstić information content (AvgIpc) is 3.15. The standard InChI is InChI=1S/C31H32F2N4O6/c1-18(2)35-43-26-11-10-22(16-38)36-15-25(26)37-14-23(30(40)34-13-20-8-9-21(32)12-24(20)33)28(39)29(27(37)31(36)41)42-17-19-6-4-3-5-7-19/h3-9,12,14,22,25-26,38H,10-11,13,15-17H2,1-2H3,(H,34,40). The number of fused-ring (bicyclic) bond motifs is 4. The molecular weight excluding hydrogens is 562 g/mol. The van der Waals surface area contributed by atoms with Crippen molar-refractivity contribution in [3.63, 3.8) is 0 Å². The second kappa shape index (κ2) is 12.7. The van der Waals surface area contributed by atoms with E-state index in [4.69, 9.17) is 9.57 Å². The lowest BCUT2D eigenvalue weighted by Gasteiger charge is -2.39. The lowest BCUT2D eigenvalue weighted by atomic mass is 10.0. The summed E-state index contributed by atoms with van der Waals surface area (Å²) in [6, 6.07) is 10.9. The van der Waals surface area contributed by atoms with E-state index in [1.54, 1.807) is 38.1 Å². The van der Waals surface area contributed by atoms with Crippen molar-refractivity contribution < 1.29 is 33.1 Å². The Balaban J connectivity index is 1.59. The minimum atomic E-state index is -0.844. The zero-order chi connectivity index (χ0) is 30.7. The van der Waals surface area contributed by atoms with E-state index in [0.29, 0.717) is 24.6 Å². The number of halogens is 2. The summed E-state index contributed by atoms with van der Waals surface area (Å²) in [6.07, 6.45) is 1.60. The Kier molecular flexibility index (Phi) is 8.86. The number of nitrogens with one attached hydrogen (secondary N) is 1. The van der Waals surface area contributed by atoms with Crippen LogP contribution < -0.4 is 15.5 Å². The Bertz CT molecular complexity index is 1610. The number of aliphatic hydroxyl groups is 1. The summed E-state index contributed by atoms with van der Waals surface area (Å²) in [6.45, 7) is 3.04. The van der Waals surface area contributed by atoms with Gasteiger partial charge in [0.2, 0.25) is 5.43 Å². The summed E-state index contributed by atoms with van der Waals surface area (Å²) in [5, 5.41) is 16.8. The van der Waals surface area contributed by atoms with Crippen LogP contribution in [0.4, 0.5) is 8.78 Å². The Labute approximate surface area is 246 Å². The average molecular weight is 595 g/mol. The Morgan fingerprint density at radius 3 is 2.58 bits per heavy atom. The third kappa shape index (κ3) is 6.29. The van der Waals surface area contributed by atoms with Crippen molar-refractivity contribution in [2.24, 2.45) is 5.16 Å². The SMILES string of the molecule is CC(C)=NOC1CCC(CO)N2CC1n1cc(C(=O)NCc3ccc(F)cc3F)c(=O)c(OCc3ccccc3)c1C2=O. The van der Waals surface area contributed by atoms with Gasteiger partial charge in [0.15, 0.2) is 11.4 Å². The fourth-order valence-corrected chi connectivity index (χ4v) is 5.35. The van der Waals surface area contributed by atoms with Crippen LogP contribution in [0, 0.1) is 11.6 Å². The van der Waals surface area contributed by atoms with E-state index in [0.717, 1.165) is 11.6 Å². The molecule has 0 radical (unpaired) electrons. The molecule has 226 valence electrons. The third-order valence-corrected chi connectivity index (χ3v) is 7.56. The van der Waals surface area contributed by atoms with Crippen LogP contribution in [0.15, 0.2) is 64.7 Å². The first-order valence-corrected chi connectivity index (χ1v) is 13.9. The van der Waals surface area contributed by atoms with Gasteiger partial charge in [-0.3, -0.25) is 14.4 Å². The number of rotatable bonds is 9. The van der Waals surface area contributed by atoms with E-state index in [1.165, 1.54) is 21.7 Å². The van der Waals surface area contributed by atoms with E-state index >= 15 is 0 Å². The number of oxime groups is 1. The number of hydrogen-bond donors (Lipinski definition) is 2. The van der Waals surface area contributed by atoms with Crippen LogP contribution in [-0.2, 0) is 18.0 Å². The van der Waals surface area contributed by atoms with Crippen LogP contribution in [0.1, 0.15) is 64.7 Å². The summed E-state index contributed by atoms with van der Waals surface area (Å²) in [5.41, 5.74) is 0.210. The van der Waals surface area contributed by atoms with E-state index < -0.39 is 47.1 Å². The van der Waals surface area contributed by atoms with E-state index in [9.17, 15) is 28.3 Å². The molecule has 2 N–H and O–H groups in total. The number of pyridine rings is 1. The molecule has 3 heterocycles. The molecule has 43 heavy (non-hydrogen) atoms. The number of hydrogen-bond acceptors (Lipinski definition) is 7. The minimum absolute atomic E-state index is 0.0271. The maximum absolute atomic E-state index is 14.2. The predicted octanol–water partition coefficient (Wildman–Crippen LogP) is 3.57. The number of aromatic nitrogens is 1. The van der Waals surface area contributed by atoms with Gasteiger partial charge in [0.05, 0.1) is 24.4 Å². The molecule has 10 nitrogen and oxygen atoms in total. The maximum Gasteiger partial charge on any atom is 0.274 e. The van der Waals surface area contributed by atoms with Crippen molar-refractivity contribution in [1.82, 2.24) is 14.8 Å². The normalized spacial score (nSPS) is 19.2. The number of aliphatic hydroxyl groups excluding tert-OH is 1. The van der Waals surface area contributed by atoms with Crippen molar-refractivity contribution in [1.29, 1.82) is 0 Å². The second-order valence-electron chi connectivity index (χ2n) is 10.8. The molecule has 2 aliphatic heterocycles. The zero-order valence-electron chi connectivity index (χ0n) is 23.8. The van der Waals surface area contributed by atoms with E-state index in [-0.39, 0.29) is 48.9 Å². The Morgan fingerprint density at radius 1 is 1.12 bits per heavy atom. The van der Waals surface area contributed by atoms with Crippen LogP contribution in [0.3, 0.4) is 0 Å². The van der Waals surface area contributed by atoms with E-state index in [1.807, 2.05) is 6.07 Å². The molecule has 0 saturated carbocycles. The fourth-order valence-electron chi connectivity index (χ4n) is 5.35. The van der Waals surface area contributed by atoms with Gasteiger partial charge in [0, 0.05) is 30.9 Å². The van der Waals surface area contributed by atoms with Crippen molar-refractivity contribution in [2.45, 2.75) is 58.0 Å². The predicted molar refractivity (Wildman–Crippen MR) is 153 cm³/mol. The van der Waals surface area contributed by atoms with Crippen molar-refractivity contribution in [3.8, 4) is 5.75 Å². The first-order valence-electron chi connectivity index (χ1n) is 13.9. The lowest BCUT2D eigenvalue weighted by molar-refractivity contribution is 0.00668. The van der Waals surface area contributed by atoms with Gasteiger partial charge in [-0.1, -0.05) is 41.6 Å². The van der Waals surface area contributed by atoms with Gasteiger partial charge in [0.25, 0.3) is 11.8 Å². The largest absolute Gasteiger partial charge is 0.483 e. The summed E-state index contributed by atoms with van der Waals surface area (Å²) in [5.74, 6) is -3.28. The summed E-state index contributed by atoms with van der Waals surface area (Å²) in [7, 11) is 0. The molecule has 3 atom stereocenters. The number of carbonyl (C=O) groups is 2. The summed E-state index contributed by atoms with van der Waals surface area (Å²) in [4.78, 5) is 48.5. The Morgan fingerprint density at radius 2 is 1.88 bits per heavy atom. The van der Waals surface area contributed by atoms with Gasteiger partial charge in [-0.25, -0.2) is 8.78 Å². The number of nitrogens with zero attached hydrogens (tertiary/aromatic N) is 3. The minimum Gasteiger partial charge on any atom is -0.483 e. The van der Waals surface area contributed by atoms with E-state index in [2.05, 4.69) is 10.5 Å². The first kappa shape index (κ1) is 29.9. The van der Waals surface area contributed by atoms with Gasteiger partial charge in [0.1, 0.15) is 29.9 Å². The number of carbonyl (C=O) groups excluding carboxylic acids is 2. The van der Waals surface area contributed by atoms with Crippen molar-refractivity contribution in [3.05, 3.63) is 99.0 Å². The quantitative estimate of drug-likeness (QED) is 0.289. The Hall–Kier alpha value is -4.58. The van der Waals surface area contributed by atoms with Gasteiger partial charge >= 0.3 is 0 Å². The molecule has 5 rings (SSSR count). The zero-order valence-corrected chi connectivity index (χ0v) is 23.8. The van der Waals surface area contributed by atoms with Gasteiger partial charge in [-0.15, -0.1) is 0 Å². The number of benzene rings is 2. The van der Waals surface area contributed by atoms with Crippen molar-refractivity contribution in [2.75, 3.05) is 13.2 Å². The highest BCUT2D eigenvalue weighted by atomic mass is 19.1. The van der Waals surface area contributed by atoms with Crippen molar-refractivity contribution >= 4 is 17.5 Å². The van der Waals surface area contributed by atoms with Crippen LogP contribution in [-0.4, -0.2) is 57.4 Å². The molecule has 1 saturated heterocycles. The second-order valence-corrected chi connectivity index (χ2v) is 10.8. The van der Waals surface area contributed by atoms with Gasteiger partial charge in [-0.05, 0) is 38.3 Å². The third-order valence-electron chi connectivity index (χ3n) is 7.56. The molecule has 3 unspecified atom stereocenters. The number of ether oxygens (including phenoxy) is 1. The molecule has 1 aromatic heterocycles. The summed E-state index contributed by atoms with van der Waals surface area (Å²) < 4.78 is 35.1. The molecule has 0 spiro atoms. The summed E-state index contributed by atoms with van der Waals surface area (Å²) >= 11 is 0. The number of amides is 2. The topological polar surface area (TPSA) is 122 Å². The molecule has 2 aromatic carbocycles. The molecule has 0 aliphatic carbocycles. The monoisotopic (exact) mass is 594 g/mol. The lowest BCUT2D eigenvalue weighted by Crippen LogP contribution is -2.51. The highest BCUT2D eigenvalue weighted by Crippen LogP contribution is 2.36. The highest BCUT2D eigenvalue weighted by Gasteiger charge is 2.45. The molecule has 2 aliphatic rings. The molecule has 2 bridgehead atoms. The fraction of sp³-hybridized carbons (Fsp3) is 0.355. The maximum atomic E-state index is 14.2. The molecular formula is C31H32F2N4O6. The van der Waals surface area contributed by atoms with Gasteiger partial charge in [-0.2, -0.15) is 0 Å². The van der Waals surface area contributed by atoms with Gasteiger partial charge < -0.3 is 29.5 Å². The smallest absolute Gasteiger partial charge is 0.274 e. The van der Waals surface area contributed by atoms with Crippen LogP contribution in [0.2, 0.25) is 0 Å². The van der Waals surface area contributed by atoms with Crippen LogP contribution in [0.25, 0.3) is 0 Å². The first-order chi connectivity index (χ1) is 20.7. The molecule has 12 heteroatoms. The van der Waals surface area contributed by atoms with Crippen LogP contribution in [0.5, 0.6) is 5.75 Å². The molecule has 3 aromatic rings. The van der Waals surface area contributed by atoms with Crippen LogP contribution >= 0.6 is 0 Å². The molecule has 1 fully saturated rings. The molecule has 2 amide bonds. The highest BCUT2D eigenvalue weighted by molar-refractivity contribution is 5.99.